The number of fused-ring (bicyclic) bond motifs is 1. The Morgan fingerprint density at radius 3 is 3.00 bits per heavy atom. The highest BCUT2D eigenvalue weighted by Crippen LogP contribution is 2.25. The van der Waals surface area contributed by atoms with Crippen LogP contribution in [0.15, 0.2) is 18.2 Å². The van der Waals surface area contributed by atoms with Gasteiger partial charge in [-0.3, -0.25) is 0 Å². The molecule has 0 spiro atoms. The molecule has 2 rings (SSSR count). The minimum Gasteiger partial charge on any atom is -0.477 e. The van der Waals surface area contributed by atoms with E-state index in [0.29, 0.717) is 10.7 Å². The van der Waals surface area contributed by atoms with Gasteiger partial charge in [-0.15, -0.1) is 11.3 Å². The summed E-state index contributed by atoms with van der Waals surface area (Å²) >= 11 is 6.85. The summed E-state index contributed by atoms with van der Waals surface area (Å²) in [5.74, 6) is -0.931. The van der Waals surface area contributed by atoms with Gasteiger partial charge in [0.1, 0.15) is 10.0 Å². The Bertz CT molecular complexity index is 480. The maximum absolute atomic E-state index is 10.6. The fourth-order valence-corrected chi connectivity index (χ4v) is 2.00. The average Bonchev–Trinajstić information content (AvgIpc) is 2.46. The Morgan fingerprint density at radius 1 is 1.54 bits per heavy atom. The molecule has 0 bridgehead atoms. The second-order valence-corrected chi connectivity index (χ2v) is 3.90. The number of carboxylic acids is 1. The standard InChI is InChI=1S/C8H4ClNO2S/c9-7-2-1-5-4(10-7)3-6(13-5)8(11)12/h1-3H,(H,11,12). The molecule has 3 nitrogen and oxygen atoms in total. The maximum atomic E-state index is 10.6. The number of carbonyl (C=O) groups is 1. The molecule has 0 radical (unpaired) electrons. The van der Waals surface area contributed by atoms with E-state index in [2.05, 4.69) is 4.98 Å². The summed E-state index contributed by atoms with van der Waals surface area (Å²) in [4.78, 5) is 14.9. The van der Waals surface area contributed by atoms with Crippen LogP contribution < -0.4 is 0 Å². The second kappa shape index (κ2) is 2.97. The van der Waals surface area contributed by atoms with Gasteiger partial charge in [-0.05, 0) is 18.2 Å². The Balaban J connectivity index is 2.68. The van der Waals surface area contributed by atoms with Crippen molar-refractivity contribution in [2.45, 2.75) is 0 Å². The first-order valence-corrected chi connectivity index (χ1v) is 4.65. The lowest BCUT2D eigenvalue weighted by atomic mass is 10.4. The van der Waals surface area contributed by atoms with Gasteiger partial charge in [-0.25, -0.2) is 9.78 Å². The zero-order valence-electron chi connectivity index (χ0n) is 6.32. The predicted octanol–water partition coefficient (Wildman–Crippen LogP) is 2.65. The molecular formula is C8H4ClNO2S. The van der Waals surface area contributed by atoms with Crippen LogP contribution >= 0.6 is 22.9 Å². The monoisotopic (exact) mass is 213 g/mol. The van der Waals surface area contributed by atoms with E-state index >= 15 is 0 Å². The molecule has 0 aliphatic carbocycles. The van der Waals surface area contributed by atoms with Gasteiger partial charge in [-0.1, -0.05) is 11.6 Å². The van der Waals surface area contributed by atoms with Gasteiger partial charge < -0.3 is 5.11 Å². The molecule has 66 valence electrons. The van der Waals surface area contributed by atoms with Crippen LogP contribution in [0.4, 0.5) is 0 Å². The van der Waals surface area contributed by atoms with Crippen LogP contribution in [0.5, 0.6) is 0 Å². The van der Waals surface area contributed by atoms with Crippen LogP contribution in [0.2, 0.25) is 5.15 Å². The number of aromatic carboxylic acids is 1. The zero-order valence-corrected chi connectivity index (χ0v) is 7.89. The number of thiophene rings is 1. The number of aromatic nitrogens is 1. The molecule has 1 N–H and O–H groups in total. The van der Waals surface area contributed by atoms with Crippen LogP contribution in [-0.2, 0) is 0 Å². The molecule has 13 heavy (non-hydrogen) atoms. The first kappa shape index (κ1) is 8.47. The summed E-state index contributed by atoms with van der Waals surface area (Å²) in [6, 6.07) is 4.93. The van der Waals surface area contributed by atoms with Crippen molar-refractivity contribution >= 4 is 39.1 Å². The Morgan fingerprint density at radius 2 is 2.31 bits per heavy atom. The van der Waals surface area contributed by atoms with E-state index in [4.69, 9.17) is 16.7 Å². The van der Waals surface area contributed by atoms with E-state index in [1.165, 1.54) is 17.4 Å². The lowest BCUT2D eigenvalue weighted by molar-refractivity contribution is 0.0702. The van der Waals surface area contributed by atoms with Crippen molar-refractivity contribution in [3.63, 3.8) is 0 Å². The molecule has 0 fully saturated rings. The van der Waals surface area contributed by atoms with Crippen LogP contribution in [0.3, 0.4) is 0 Å². The molecule has 0 aliphatic heterocycles. The number of hydrogen-bond acceptors (Lipinski definition) is 3. The van der Waals surface area contributed by atoms with Gasteiger partial charge in [-0.2, -0.15) is 0 Å². The number of pyridine rings is 1. The van der Waals surface area contributed by atoms with Crippen molar-refractivity contribution in [3.8, 4) is 0 Å². The summed E-state index contributed by atoms with van der Waals surface area (Å²) in [6.07, 6.45) is 0. The molecular weight excluding hydrogens is 210 g/mol. The molecule has 0 saturated heterocycles. The van der Waals surface area contributed by atoms with Gasteiger partial charge in [0.15, 0.2) is 0 Å². The van der Waals surface area contributed by atoms with Crippen molar-refractivity contribution in [2.24, 2.45) is 0 Å². The highest BCUT2D eigenvalue weighted by molar-refractivity contribution is 7.20. The largest absolute Gasteiger partial charge is 0.477 e. The lowest BCUT2D eigenvalue weighted by Crippen LogP contribution is -1.89. The summed E-state index contributed by atoms with van der Waals surface area (Å²) in [5, 5.41) is 9.08. The molecule has 2 heterocycles. The van der Waals surface area contributed by atoms with E-state index in [1.807, 2.05) is 0 Å². The molecule has 2 aromatic heterocycles. The third-order valence-corrected chi connectivity index (χ3v) is 2.84. The highest BCUT2D eigenvalue weighted by atomic mass is 35.5. The Labute approximate surface area is 82.6 Å². The van der Waals surface area contributed by atoms with E-state index in [9.17, 15) is 4.79 Å². The fraction of sp³-hybridized carbons (Fsp3) is 0. The van der Waals surface area contributed by atoms with Crippen molar-refractivity contribution in [1.82, 2.24) is 4.98 Å². The summed E-state index contributed by atoms with van der Waals surface area (Å²) in [7, 11) is 0. The summed E-state index contributed by atoms with van der Waals surface area (Å²) in [5.41, 5.74) is 0.634. The molecule has 0 atom stereocenters. The lowest BCUT2D eigenvalue weighted by Gasteiger charge is -1.87. The minimum absolute atomic E-state index is 0.282. The molecule has 0 aliphatic rings. The van der Waals surface area contributed by atoms with Crippen molar-refractivity contribution in [2.75, 3.05) is 0 Å². The van der Waals surface area contributed by atoms with Gasteiger partial charge in [0.05, 0.1) is 10.2 Å². The normalized spacial score (nSPS) is 10.5. The van der Waals surface area contributed by atoms with Gasteiger partial charge in [0, 0.05) is 0 Å². The van der Waals surface area contributed by atoms with Crippen molar-refractivity contribution in [3.05, 3.63) is 28.2 Å². The first-order valence-electron chi connectivity index (χ1n) is 3.46. The summed E-state index contributed by atoms with van der Waals surface area (Å²) < 4.78 is 0.835. The quantitative estimate of drug-likeness (QED) is 0.741. The minimum atomic E-state index is -0.931. The van der Waals surface area contributed by atoms with E-state index in [1.54, 1.807) is 12.1 Å². The third-order valence-electron chi connectivity index (χ3n) is 1.55. The van der Waals surface area contributed by atoms with Crippen LogP contribution in [0, 0.1) is 0 Å². The second-order valence-electron chi connectivity index (χ2n) is 2.43. The van der Waals surface area contributed by atoms with Crippen LogP contribution in [0.1, 0.15) is 9.67 Å². The highest BCUT2D eigenvalue weighted by Gasteiger charge is 2.08. The van der Waals surface area contributed by atoms with Crippen LogP contribution in [-0.4, -0.2) is 16.1 Å². The van der Waals surface area contributed by atoms with Gasteiger partial charge in [0.25, 0.3) is 0 Å². The van der Waals surface area contributed by atoms with E-state index < -0.39 is 5.97 Å². The molecule has 2 aromatic rings. The Hall–Kier alpha value is -1.13. The van der Waals surface area contributed by atoms with Crippen molar-refractivity contribution in [1.29, 1.82) is 0 Å². The SMILES string of the molecule is O=C(O)c1cc2nc(Cl)ccc2s1. The third kappa shape index (κ3) is 1.50. The molecule has 0 amide bonds. The smallest absolute Gasteiger partial charge is 0.345 e. The zero-order chi connectivity index (χ0) is 9.42. The number of nitrogens with zero attached hydrogens (tertiary/aromatic N) is 1. The summed E-state index contributed by atoms with van der Waals surface area (Å²) in [6.45, 7) is 0. The molecule has 0 aromatic carbocycles. The first-order chi connectivity index (χ1) is 6.16. The maximum Gasteiger partial charge on any atom is 0.345 e. The number of halogens is 1. The molecule has 0 saturated carbocycles. The predicted molar refractivity (Wildman–Crippen MR) is 51.6 cm³/mol. The number of carboxylic acid groups (broad SMARTS) is 1. The Kier molecular flexibility index (Phi) is 1.94. The number of hydrogen-bond donors (Lipinski definition) is 1. The number of rotatable bonds is 1. The molecule has 0 unspecified atom stereocenters. The fourth-order valence-electron chi connectivity index (χ4n) is 1.00. The topological polar surface area (TPSA) is 50.2 Å². The average molecular weight is 214 g/mol. The van der Waals surface area contributed by atoms with Gasteiger partial charge in [0.2, 0.25) is 0 Å². The van der Waals surface area contributed by atoms with E-state index in [-0.39, 0.29) is 4.88 Å². The van der Waals surface area contributed by atoms with Gasteiger partial charge >= 0.3 is 5.97 Å². The van der Waals surface area contributed by atoms with Crippen LogP contribution in [0.25, 0.3) is 10.2 Å². The van der Waals surface area contributed by atoms with E-state index in [0.717, 1.165) is 4.70 Å². The molecule has 5 heteroatoms. The van der Waals surface area contributed by atoms with Crippen molar-refractivity contribution < 1.29 is 9.90 Å².